The van der Waals surface area contributed by atoms with Crippen LogP contribution in [0, 0.1) is 0 Å². The normalized spacial score (nSPS) is 10.7. The Morgan fingerprint density at radius 1 is 1.25 bits per heavy atom. The van der Waals surface area contributed by atoms with Crippen LogP contribution in [0.3, 0.4) is 0 Å². The van der Waals surface area contributed by atoms with E-state index in [0.717, 1.165) is 11.4 Å². The van der Waals surface area contributed by atoms with Gasteiger partial charge in [-0.1, -0.05) is 5.21 Å². The first-order chi connectivity index (χ1) is 7.65. The molecule has 0 saturated heterocycles. The number of ether oxygens (including phenoxy) is 1. The van der Waals surface area contributed by atoms with Crippen LogP contribution in [0.4, 0.5) is 5.82 Å². The van der Waals surface area contributed by atoms with E-state index in [1.807, 2.05) is 38.1 Å². The van der Waals surface area contributed by atoms with Gasteiger partial charge in [0.1, 0.15) is 5.75 Å². The van der Waals surface area contributed by atoms with E-state index in [2.05, 4.69) is 10.3 Å². The molecule has 0 aliphatic heterocycles. The Balaban J connectivity index is 2.19. The van der Waals surface area contributed by atoms with Gasteiger partial charge in [-0.05, 0) is 38.1 Å². The van der Waals surface area contributed by atoms with Gasteiger partial charge in [0, 0.05) is 0 Å². The fourth-order valence-electron chi connectivity index (χ4n) is 1.35. The first-order valence-electron chi connectivity index (χ1n) is 5.10. The van der Waals surface area contributed by atoms with Crippen molar-refractivity contribution in [2.45, 2.75) is 20.0 Å². The zero-order chi connectivity index (χ0) is 11.5. The van der Waals surface area contributed by atoms with Gasteiger partial charge in [-0.3, -0.25) is 0 Å². The van der Waals surface area contributed by atoms with Crippen LogP contribution in [-0.4, -0.2) is 21.1 Å². The lowest BCUT2D eigenvalue weighted by molar-refractivity contribution is 0.242. The van der Waals surface area contributed by atoms with Crippen molar-refractivity contribution < 1.29 is 4.74 Å². The summed E-state index contributed by atoms with van der Waals surface area (Å²) in [6, 6.07) is 7.61. The second kappa shape index (κ2) is 4.22. The first-order valence-corrected chi connectivity index (χ1v) is 5.10. The molecule has 0 amide bonds. The second-order valence-electron chi connectivity index (χ2n) is 3.75. The van der Waals surface area contributed by atoms with Crippen LogP contribution < -0.4 is 10.5 Å². The van der Waals surface area contributed by atoms with Gasteiger partial charge < -0.3 is 10.5 Å². The van der Waals surface area contributed by atoms with Crippen molar-refractivity contribution in [2.24, 2.45) is 0 Å². The summed E-state index contributed by atoms with van der Waals surface area (Å²) in [5.74, 6) is 1.24. The molecule has 2 rings (SSSR count). The SMILES string of the molecule is CC(C)Oc1ccc(-n2cc(N)nn2)cc1. The molecule has 0 unspecified atom stereocenters. The molecule has 5 heteroatoms. The van der Waals surface area contributed by atoms with Crippen molar-refractivity contribution in [1.82, 2.24) is 15.0 Å². The van der Waals surface area contributed by atoms with Gasteiger partial charge in [0.05, 0.1) is 18.0 Å². The third kappa shape index (κ3) is 2.31. The molecule has 0 saturated carbocycles. The zero-order valence-corrected chi connectivity index (χ0v) is 9.29. The minimum atomic E-state index is 0.174. The summed E-state index contributed by atoms with van der Waals surface area (Å²) in [6.07, 6.45) is 1.84. The average molecular weight is 218 g/mol. The summed E-state index contributed by atoms with van der Waals surface area (Å²) in [5.41, 5.74) is 6.40. The predicted octanol–water partition coefficient (Wildman–Crippen LogP) is 1.64. The summed E-state index contributed by atoms with van der Waals surface area (Å²) >= 11 is 0. The molecule has 1 heterocycles. The molecule has 0 aliphatic rings. The minimum Gasteiger partial charge on any atom is -0.491 e. The third-order valence-electron chi connectivity index (χ3n) is 1.98. The van der Waals surface area contributed by atoms with E-state index in [0.29, 0.717) is 5.82 Å². The number of nitrogen functional groups attached to an aromatic ring is 1. The van der Waals surface area contributed by atoms with Crippen molar-refractivity contribution in [1.29, 1.82) is 0 Å². The van der Waals surface area contributed by atoms with Gasteiger partial charge in [0.25, 0.3) is 0 Å². The number of aromatic nitrogens is 3. The van der Waals surface area contributed by atoms with Gasteiger partial charge in [0.15, 0.2) is 5.82 Å². The van der Waals surface area contributed by atoms with Crippen LogP contribution in [0.25, 0.3) is 5.69 Å². The van der Waals surface area contributed by atoms with Crippen LogP contribution in [0.2, 0.25) is 0 Å². The molecule has 2 aromatic rings. The van der Waals surface area contributed by atoms with E-state index >= 15 is 0 Å². The third-order valence-corrected chi connectivity index (χ3v) is 1.98. The van der Waals surface area contributed by atoms with Gasteiger partial charge in [-0.2, -0.15) is 0 Å². The van der Waals surface area contributed by atoms with Crippen molar-refractivity contribution in [3.05, 3.63) is 30.5 Å². The lowest BCUT2D eigenvalue weighted by atomic mass is 10.3. The Kier molecular flexibility index (Phi) is 2.76. The lowest BCUT2D eigenvalue weighted by Gasteiger charge is -2.09. The quantitative estimate of drug-likeness (QED) is 0.850. The second-order valence-corrected chi connectivity index (χ2v) is 3.75. The Labute approximate surface area is 93.8 Å². The van der Waals surface area contributed by atoms with Crippen LogP contribution >= 0.6 is 0 Å². The first kappa shape index (κ1) is 10.5. The molecule has 16 heavy (non-hydrogen) atoms. The Morgan fingerprint density at radius 2 is 1.94 bits per heavy atom. The molecule has 1 aromatic heterocycles. The zero-order valence-electron chi connectivity index (χ0n) is 9.29. The fraction of sp³-hybridized carbons (Fsp3) is 0.273. The van der Waals surface area contributed by atoms with E-state index in [9.17, 15) is 0 Å². The van der Waals surface area contributed by atoms with E-state index in [1.54, 1.807) is 10.9 Å². The highest BCUT2D eigenvalue weighted by molar-refractivity contribution is 5.38. The number of benzene rings is 1. The van der Waals surface area contributed by atoms with Gasteiger partial charge in [-0.15, -0.1) is 5.10 Å². The molecule has 0 bridgehead atoms. The molecule has 0 atom stereocenters. The van der Waals surface area contributed by atoms with Gasteiger partial charge in [-0.25, -0.2) is 4.68 Å². The number of hydrogen-bond donors (Lipinski definition) is 1. The van der Waals surface area contributed by atoms with Crippen molar-refractivity contribution in [3.8, 4) is 11.4 Å². The maximum Gasteiger partial charge on any atom is 0.166 e. The maximum absolute atomic E-state index is 5.54. The van der Waals surface area contributed by atoms with E-state index in [1.165, 1.54) is 0 Å². The van der Waals surface area contributed by atoms with Crippen LogP contribution in [0.1, 0.15) is 13.8 Å². The van der Waals surface area contributed by atoms with Crippen molar-refractivity contribution in [3.63, 3.8) is 0 Å². The molecule has 0 fully saturated rings. The predicted molar refractivity (Wildman–Crippen MR) is 61.5 cm³/mol. The molecule has 84 valence electrons. The highest BCUT2D eigenvalue weighted by atomic mass is 16.5. The molecule has 2 N–H and O–H groups in total. The summed E-state index contributed by atoms with van der Waals surface area (Å²) in [5, 5.41) is 7.60. The van der Waals surface area contributed by atoms with Crippen LogP contribution in [0.15, 0.2) is 30.5 Å². The number of hydrogen-bond acceptors (Lipinski definition) is 4. The van der Waals surface area contributed by atoms with E-state index in [-0.39, 0.29) is 6.10 Å². The lowest BCUT2D eigenvalue weighted by Crippen LogP contribution is -2.05. The monoisotopic (exact) mass is 218 g/mol. The summed E-state index contributed by atoms with van der Waals surface area (Å²) in [6.45, 7) is 3.98. The molecule has 0 aliphatic carbocycles. The van der Waals surface area contributed by atoms with E-state index < -0.39 is 0 Å². The van der Waals surface area contributed by atoms with Crippen LogP contribution in [0.5, 0.6) is 5.75 Å². The molecule has 5 nitrogen and oxygen atoms in total. The Bertz CT molecular complexity index is 461. The molecule has 0 radical (unpaired) electrons. The standard InChI is InChI=1S/C11H14N4O/c1-8(2)16-10-5-3-9(4-6-10)15-7-11(12)13-14-15/h3-8H,12H2,1-2H3. The number of anilines is 1. The Hall–Kier alpha value is -2.04. The van der Waals surface area contributed by atoms with Crippen molar-refractivity contribution in [2.75, 3.05) is 5.73 Å². The average Bonchev–Trinajstić information content (AvgIpc) is 2.65. The number of rotatable bonds is 3. The Morgan fingerprint density at radius 3 is 2.44 bits per heavy atom. The molecular weight excluding hydrogens is 204 g/mol. The molecule has 1 aromatic carbocycles. The van der Waals surface area contributed by atoms with Crippen LogP contribution in [-0.2, 0) is 0 Å². The fourth-order valence-corrected chi connectivity index (χ4v) is 1.35. The summed E-state index contributed by atoms with van der Waals surface area (Å²) in [7, 11) is 0. The largest absolute Gasteiger partial charge is 0.491 e. The smallest absolute Gasteiger partial charge is 0.166 e. The summed E-state index contributed by atoms with van der Waals surface area (Å²) < 4.78 is 7.16. The molecule has 0 spiro atoms. The minimum absolute atomic E-state index is 0.174. The highest BCUT2D eigenvalue weighted by Gasteiger charge is 2.01. The summed E-state index contributed by atoms with van der Waals surface area (Å²) in [4.78, 5) is 0. The van der Waals surface area contributed by atoms with Gasteiger partial charge >= 0.3 is 0 Å². The number of nitrogens with two attached hydrogens (primary N) is 1. The number of nitrogens with zero attached hydrogens (tertiary/aromatic N) is 3. The highest BCUT2D eigenvalue weighted by Crippen LogP contribution is 2.16. The van der Waals surface area contributed by atoms with Gasteiger partial charge in [0.2, 0.25) is 0 Å². The molecular formula is C11H14N4O. The topological polar surface area (TPSA) is 66.0 Å². The van der Waals surface area contributed by atoms with Crippen molar-refractivity contribution >= 4 is 5.82 Å². The van der Waals surface area contributed by atoms with E-state index in [4.69, 9.17) is 10.5 Å². The maximum atomic E-state index is 5.54.